The van der Waals surface area contributed by atoms with Gasteiger partial charge in [0.1, 0.15) is 24.3 Å². The molecule has 52 heavy (non-hydrogen) atoms. The molecule has 16 heteroatoms. The van der Waals surface area contributed by atoms with Gasteiger partial charge in [-0.2, -0.15) is 0 Å². The number of hydrogen-bond acceptors (Lipinski definition) is 12. The van der Waals surface area contributed by atoms with Crippen molar-refractivity contribution in [3.05, 3.63) is 137 Å². The van der Waals surface area contributed by atoms with Crippen molar-refractivity contribution in [3.8, 4) is 0 Å². The number of allylic oxidation sites excluding steroid dienone is 4. The number of esters is 2. The van der Waals surface area contributed by atoms with Crippen molar-refractivity contribution < 1.29 is 38.8 Å². The number of carbonyl (C=O) groups excluding carboxylic acids is 2. The summed E-state index contributed by atoms with van der Waals surface area (Å²) in [4.78, 5) is 65.1. The molecule has 0 fully saturated rings. The number of non-ortho nitro benzene ring substituents is 2. The first kappa shape index (κ1) is 40.4. The van der Waals surface area contributed by atoms with Gasteiger partial charge < -0.3 is 9.47 Å². The number of nitro benzene ring substituents is 4. The summed E-state index contributed by atoms with van der Waals surface area (Å²) in [6, 6.07) is 5.68. The lowest BCUT2D eigenvalue weighted by Crippen LogP contribution is -2.24. The first-order chi connectivity index (χ1) is 24.3. The van der Waals surface area contributed by atoms with Crippen LogP contribution in [-0.4, -0.2) is 44.8 Å². The molecule has 0 saturated carbocycles. The van der Waals surface area contributed by atoms with Gasteiger partial charge >= 0.3 is 11.9 Å². The van der Waals surface area contributed by atoms with Gasteiger partial charge in [-0.25, -0.2) is 9.59 Å². The summed E-state index contributed by atoms with van der Waals surface area (Å²) in [5.74, 6) is -0.236. The Labute approximate surface area is 299 Å². The molecule has 4 rings (SSSR count). The molecule has 0 aromatic heterocycles. The average Bonchev–Trinajstić information content (AvgIpc) is 3.09. The minimum atomic E-state index is -0.888. The zero-order chi connectivity index (χ0) is 39.0. The van der Waals surface area contributed by atoms with Crippen LogP contribution in [0.2, 0.25) is 0 Å². The highest BCUT2D eigenvalue weighted by atomic mass is 16.6. The predicted molar refractivity (Wildman–Crippen MR) is 189 cm³/mol. The van der Waals surface area contributed by atoms with Gasteiger partial charge in [-0.15, -0.1) is 0 Å². The van der Waals surface area contributed by atoms with E-state index in [0.717, 1.165) is 36.4 Å². The normalized spacial score (nSPS) is 21.6. The number of nitro groups is 4. The van der Waals surface area contributed by atoms with Gasteiger partial charge in [-0.3, -0.25) is 40.5 Å². The molecule has 0 heterocycles. The van der Waals surface area contributed by atoms with Gasteiger partial charge in [-0.1, -0.05) is 76.3 Å². The predicted octanol–water partition coefficient (Wildman–Crippen LogP) is 8.13. The third-order valence-electron chi connectivity index (χ3n) is 8.58. The standard InChI is InChI=1S/2C18H20N2O6/c2*1-12(2)13-6-8-18(3,9-7-13)11-26-17(21)15-5-4-14(19(22)23)10-16(15)20(24)25/h2*4-10,12-13H,11H2,1-3H3. The molecule has 0 unspecified atom stereocenters. The van der Waals surface area contributed by atoms with Crippen molar-refractivity contribution in [2.45, 2.75) is 41.5 Å². The van der Waals surface area contributed by atoms with Crippen LogP contribution in [0.3, 0.4) is 0 Å². The van der Waals surface area contributed by atoms with Crippen LogP contribution in [0.4, 0.5) is 22.7 Å². The van der Waals surface area contributed by atoms with Crippen molar-refractivity contribution in [1.29, 1.82) is 0 Å². The second kappa shape index (κ2) is 16.8. The average molecular weight is 721 g/mol. The fraction of sp³-hybridized carbons (Fsp3) is 0.389. The second-order valence-corrected chi connectivity index (χ2v) is 13.7. The number of rotatable bonds is 12. The lowest BCUT2D eigenvalue weighted by molar-refractivity contribution is -0.394. The molecular formula is C36H40N4O12. The first-order valence-electron chi connectivity index (χ1n) is 16.2. The molecule has 2 aliphatic rings. The van der Waals surface area contributed by atoms with Crippen LogP contribution in [-0.2, 0) is 9.47 Å². The molecule has 0 atom stereocenters. The number of hydrogen-bond donors (Lipinski definition) is 0. The van der Waals surface area contributed by atoms with E-state index in [0.29, 0.717) is 23.7 Å². The van der Waals surface area contributed by atoms with Gasteiger partial charge in [0, 0.05) is 23.0 Å². The number of carbonyl (C=O) groups is 2. The molecule has 0 amide bonds. The summed E-state index contributed by atoms with van der Waals surface area (Å²) in [5.41, 5.74) is -3.85. The monoisotopic (exact) mass is 720 g/mol. The SMILES string of the molecule is CC(C)C1C=CC(C)(COC(=O)c2ccc([N+](=O)[O-])cc2[N+](=O)[O-])C=C1.CC(C)C1C=CC(C)(COC(=O)c2ccc([N+](=O)[O-])cc2[N+](=O)[O-])C=C1. The minimum absolute atomic E-state index is 0.0117. The fourth-order valence-electron chi connectivity index (χ4n) is 5.16. The third-order valence-corrected chi connectivity index (χ3v) is 8.58. The maximum absolute atomic E-state index is 12.3. The quantitative estimate of drug-likeness (QED) is 0.0876. The molecule has 2 aliphatic carbocycles. The Morgan fingerprint density at radius 1 is 0.596 bits per heavy atom. The Balaban J connectivity index is 0.000000280. The second-order valence-electron chi connectivity index (χ2n) is 13.7. The zero-order valence-electron chi connectivity index (χ0n) is 29.5. The lowest BCUT2D eigenvalue weighted by Gasteiger charge is -2.27. The maximum Gasteiger partial charge on any atom is 0.345 e. The zero-order valence-corrected chi connectivity index (χ0v) is 29.5. The highest BCUT2D eigenvalue weighted by Gasteiger charge is 2.30. The lowest BCUT2D eigenvalue weighted by atomic mass is 9.81. The Bertz CT molecular complexity index is 1700. The van der Waals surface area contributed by atoms with Gasteiger partial charge in [0.2, 0.25) is 0 Å². The molecular weight excluding hydrogens is 680 g/mol. The highest BCUT2D eigenvalue weighted by Crippen LogP contribution is 2.33. The van der Waals surface area contributed by atoms with E-state index in [2.05, 4.69) is 27.7 Å². The van der Waals surface area contributed by atoms with Crippen molar-refractivity contribution in [3.63, 3.8) is 0 Å². The van der Waals surface area contributed by atoms with E-state index in [9.17, 15) is 50.0 Å². The van der Waals surface area contributed by atoms with E-state index in [-0.39, 0.29) is 24.3 Å². The Hall–Kier alpha value is -6.06. The summed E-state index contributed by atoms with van der Waals surface area (Å²) in [6.07, 6.45) is 16.0. The number of benzene rings is 2. The van der Waals surface area contributed by atoms with Gasteiger partial charge in [0.25, 0.3) is 22.7 Å². The van der Waals surface area contributed by atoms with Crippen molar-refractivity contribution in [2.75, 3.05) is 13.2 Å². The fourth-order valence-corrected chi connectivity index (χ4v) is 5.16. The van der Waals surface area contributed by atoms with E-state index in [4.69, 9.17) is 9.47 Å². The number of ether oxygens (including phenoxy) is 2. The molecule has 0 saturated heterocycles. The van der Waals surface area contributed by atoms with Crippen LogP contribution in [0, 0.1) is 75.0 Å². The van der Waals surface area contributed by atoms with Gasteiger partial charge in [0.05, 0.1) is 31.8 Å². The van der Waals surface area contributed by atoms with E-state index in [1.807, 2.05) is 62.5 Å². The van der Waals surface area contributed by atoms with Crippen LogP contribution in [0.1, 0.15) is 62.3 Å². The van der Waals surface area contributed by atoms with Crippen molar-refractivity contribution >= 4 is 34.7 Å². The van der Waals surface area contributed by atoms with Crippen LogP contribution in [0.15, 0.2) is 85.0 Å². The topological polar surface area (TPSA) is 225 Å². The molecule has 0 radical (unpaired) electrons. The molecule has 0 spiro atoms. The highest BCUT2D eigenvalue weighted by molar-refractivity contribution is 5.95. The van der Waals surface area contributed by atoms with E-state index >= 15 is 0 Å². The van der Waals surface area contributed by atoms with Crippen molar-refractivity contribution in [2.24, 2.45) is 34.5 Å². The Kier molecular flexibility index (Phi) is 13.0. The third kappa shape index (κ3) is 10.5. The van der Waals surface area contributed by atoms with Crippen molar-refractivity contribution in [1.82, 2.24) is 0 Å². The van der Waals surface area contributed by atoms with E-state index < -0.39 is 65.2 Å². The molecule has 276 valence electrons. The Morgan fingerprint density at radius 3 is 1.15 bits per heavy atom. The van der Waals surface area contributed by atoms with Gasteiger partial charge in [0.15, 0.2) is 0 Å². The van der Waals surface area contributed by atoms with Crippen LogP contribution < -0.4 is 0 Å². The van der Waals surface area contributed by atoms with Gasteiger partial charge in [-0.05, 0) is 49.7 Å². The Morgan fingerprint density at radius 2 is 0.904 bits per heavy atom. The largest absolute Gasteiger partial charge is 0.461 e. The molecule has 0 aliphatic heterocycles. The van der Waals surface area contributed by atoms with E-state index in [1.54, 1.807) is 0 Å². The summed E-state index contributed by atoms with van der Waals surface area (Å²) in [7, 11) is 0. The van der Waals surface area contributed by atoms with Crippen LogP contribution in [0.25, 0.3) is 0 Å². The summed E-state index contributed by atoms with van der Waals surface area (Å²) >= 11 is 0. The molecule has 0 N–H and O–H groups in total. The smallest absolute Gasteiger partial charge is 0.345 e. The summed E-state index contributed by atoms with van der Waals surface area (Å²) in [5, 5.41) is 43.8. The molecule has 2 aromatic carbocycles. The molecule has 16 nitrogen and oxygen atoms in total. The summed E-state index contributed by atoms with van der Waals surface area (Å²) in [6.45, 7) is 12.2. The van der Waals surface area contributed by atoms with E-state index in [1.165, 1.54) is 0 Å². The molecule has 2 aromatic rings. The maximum atomic E-state index is 12.3. The minimum Gasteiger partial charge on any atom is -0.461 e. The number of nitrogens with zero attached hydrogens (tertiary/aromatic N) is 4. The summed E-state index contributed by atoms with van der Waals surface area (Å²) < 4.78 is 10.5. The van der Waals surface area contributed by atoms with Crippen LogP contribution >= 0.6 is 0 Å². The van der Waals surface area contributed by atoms with Crippen LogP contribution in [0.5, 0.6) is 0 Å². The molecule has 0 bridgehead atoms. The first-order valence-corrected chi connectivity index (χ1v) is 16.2.